The largest absolute Gasteiger partial charge is 0.397 e. The quantitative estimate of drug-likeness (QED) is 0.456. The normalized spacial score (nSPS) is 7.47. The second kappa shape index (κ2) is 23.0. The lowest BCUT2D eigenvalue weighted by Crippen LogP contribution is -2.15. The zero-order chi connectivity index (χ0) is 12.5. The molecule has 0 aliphatic carbocycles. The Kier molecular flexibility index (Phi) is 29.8. The Labute approximate surface area is 89.6 Å². The number of nitrogens with zero attached hydrogens (tertiary/aromatic N) is 2. The van der Waals surface area contributed by atoms with Gasteiger partial charge in [0.05, 0.1) is 25.4 Å². The first-order valence-electron chi connectivity index (χ1n) is 4.38. The molecule has 0 amide bonds. The molecule has 6 nitrogen and oxygen atoms in total. The Morgan fingerprint density at radius 1 is 1.00 bits per heavy atom. The smallest absolute Gasteiger partial charge is 0.100 e. The second-order valence-electron chi connectivity index (χ2n) is 2.15. The zero-order valence-corrected chi connectivity index (χ0v) is 8.80. The Morgan fingerprint density at radius 2 is 1.27 bits per heavy atom. The van der Waals surface area contributed by atoms with Crippen LogP contribution in [0.5, 0.6) is 0 Å². The van der Waals surface area contributed by atoms with Crippen molar-refractivity contribution in [2.45, 2.75) is 25.9 Å². The number of aliphatic hydroxyl groups is 4. The maximum atomic E-state index is 8.17. The molecule has 0 radical (unpaired) electrons. The number of unbranched alkanes of at least 4 members (excludes halogenated alkanes) is 1. The molecule has 0 atom stereocenters. The molecular weight excluding hydrogens is 200 g/mol. The molecule has 6 heteroatoms. The van der Waals surface area contributed by atoms with E-state index < -0.39 is 6.10 Å². The molecule has 0 aromatic heterocycles. The minimum atomic E-state index is -0.954. The molecule has 0 heterocycles. The van der Waals surface area contributed by atoms with Gasteiger partial charge in [0.1, 0.15) is 6.10 Å². The van der Waals surface area contributed by atoms with E-state index in [1.165, 1.54) is 0 Å². The topological polar surface area (TPSA) is 128 Å². The summed E-state index contributed by atoms with van der Waals surface area (Å²) in [5.41, 5.74) is 0. The highest BCUT2D eigenvalue weighted by molar-refractivity contribution is 4.78. The summed E-state index contributed by atoms with van der Waals surface area (Å²) < 4.78 is 0. The monoisotopic (exact) mass is 218 g/mol. The Morgan fingerprint density at radius 3 is 1.33 bits per heavy atom. The number of rotatable bonds is 3. The molecular formula is C9H18N2O4. The van der Waals surface area contributed by atoms with Crippen molar-refractivity contribution < 1.29 is 20.4 Å². The van der Waals surface area contributed by atoms with Gasteiger partial charge in [0.2, 0.25) is 0 Å². The van der Waals surface area contributed by atoms with Gasteiger partial charge >= 0.3 is 0 Å². The fraction of sp³-hybridized carbons (Fsp3) is 0.778. The Balaban J connectivity index is -0.000000153. The highest BCUT2D eigenvalue weighted by Crippen LogP contribution is 1.78. The van der Waals surface area contributed by atoms with Crippen LogP contribution in [0.2, 0.25) is 0 Å². The molecule has 0 saturated heterocycles. The molecule has 0 fully saturated rings. The molecule has 0 saturated carbocycles. The number of aliphatic hydroxyl groups excluding tert-OH is 4. The lowest BCUT2D eigenvalue weighted by atomic mass is 10.4. The van der Waals surface area contributed by atoms with Crippen molar-refractivity contribution >= 4 is 0 Å². The number of hydrogen-bond acceptors (Lipinski definition) is 6. The first-order valence-corrected chi connectivity index (χ1v) is 4.38. The average Bonchev–Trinajstić information content (AvgIpc) is 2.27. The van der Waals surface area contributed by atoms with Crippen LogP contribution in [0.4, 0.5) is 0 Å². The van der Waals surface area contributed by atoms with E-state index in [1.807, 2.05) is 12.1 Å². The van der Waals surface area contributed by atoms with Gasteiger partial charge in [0.15, 0.2) is 0 Å². The summed E-state index contributed by atoms with van der Waals surface area (Å²) in [6, 6.07) is 3.69. The fourth-order valence-electron chi connectivity index (χ4n) is 0.170. The van der Waals surface area contributed by atoms with Gasteiger partial charge in [0, 0.05) is 19.4 Å². The summed E-state index contributed by atoms with van der Waals surface area (Å²) in [6.45, 7) is 1.20. The summed E-state index contributed by atoms with van der Waals surface area (Å²) in [6.07, 6.45) is -0.238. The van der Waals surface area contributed by atoms with Crippen LogP contribution in [0.3, 0.4) is 0 Å². The lowest BCUT2D eigenvalue weighted by Gasteiger charge is -1.96. The highest BCUT2D eigenvalue weighted by atomic mass is 16.3. The minimum Gasteiger partial charge on any atom is -0.397 e. The van der Waals surface area contributed by atoms with E-state index in [0.717, 1.165) is 0 Å². The first-order chi connectivity index (χ1) is 7.14. The third-order valence-electron chi connectivity index (χ3n) is 0.770. The maximum absolute atomic E-state index is 8.17. The van der Waals surface area contributed by atoms with E-state index in [1.54, 1.807) is 6.92 Å². The second-order valence-corrected chi connectivity index (χ2v) is 2.15. The molecule has 88 valence electrons. The van der Waals surface area contributed by atoms with Crippen LogP contribution in [0, 0.1) is 22.7 Å². The van der Waals surface area contributed by atoms with Gasteiger partial charge in [-0.1, -0.05) is 0 Å². The molecule has 15 heavy (non-hydrogen) atoms. The Hall–Kier alpha value is -1.18. The molecule has 0 aromatic rings. The van der Waals surface area contributed by atoms with Crippen LogP contribution in [0.25, 0.3) is 0 Å². The summed E-state index contributed by atoms with van der Waals surface area (Å²) in [4.78, 5) is 0. The molecule has 0 aliphatic rings. The van der Waals surface area contributed by atoms with E-state index in [4.69, 9.17) is 30.9 Å². The van der Waals surface area contributed by atoms with Crippen LogP contribution in [0.1, 0.15) is 19.8 Å². The minimum absolute atomic E-state index is 0.250. The predicted octanol–water partition coefficient (Wildman–Crippen LogP) is -0.856. The number of nitriles is 2. The number of hydrogen-bond donors (Lipinski definition) is 4. The van der Waals surface area contributed by atoms with Crippen LogP contribution < -0.4 is 0 Å². The molecule has 0 aliphatic heterocycles. The van der Waals surface area contributed by atoms with Crippen LogP contribution in [-0.2, 0) is 0 Å². The van der Waals surface area contributed by atoms with E-state index in [2.05, 4.69) is 0 Å². The van der Waals surface area contributed by atoms with Crippen LogP contribution >= 0.6 is 0 Å². The van der Waals surface area contributed by atoms with Crippen LogP contribution in [0.15, 0.2) is 0 Å². The van der Waals surface area contributed by atoms with Gasteiger partial charge in [0.25, 0.3) is 0 Å². The SMILES string of the molecule is CCO.N#CCCC#N.OCC(O)CO. The third-order valence-corrected chi connectivity index (χ3v) is 0.770. The van der Waals surface area contributed by atoms with Crippen molar-refractivity contribution in [1.82, 2.24) is 0 Å². The molecule has 0 bridgehead atoms. The molecule has 0 unspecified atom stereocenters. The van der Waals surface area contributed by atoms with E-state index in [-0.39, 0.29) is 19.8 Å². The fourth-order valence-corrected chi connectivity index (χ4v) is 0.170. The van der Waals surface area contributed by atoms with Crippen molar-refractivity contribution in [3.8, 4) is 12.1 Å². The van der Waals surface area contributed by atoms with E-state index >= 15 is 0 Å². The molecule has 0 spiro atoms. The van der Waals surface area contributed by atoms with Gasteiger partial charge < -0.3 is 20.4 Å². The average molecular weight is 218 g/mol. The van der Waals surface area contributed by atoms with Gasteiger partial charge in [-0.15, -0.1) is 0 Å². The third kappa shape index (κ3) is 44.3. The van der Waals surface area contributed by atoms with E-state index in [9.17, 15) is 0 Å². The van der Waals surface area contributed by atoms with Gasteiger partial charge in [-0.25, -0.2) is 0 Å². The zero-order valence-electron chi connectivity index (χ0n) is 8.80. The standard InChI is InChI=1S/C4H4N2.C3H8O3.C2H6O/c5-3-1-2-4-6;4-1-3(6)2-5;1-2-3/h1-2H2;3-6H,1-2H2;3H,2H2,1H3. The highest BCUT2D eigenvalue weighted by Gasteiger charge is 1.93. The van der Waals surface area contributed by atoms with Crippen molar-refractivity contribution in [3.63, 3.8) is 0 Å². The summed E-state index contributed by atoms with van der Waals surface area (Å²) in [5.74, 6) is 0. The van der Waals surface area contributed by atoms with Gasteiger partial charge in [-0.3, -0.25) is 0 Å². The molecule has 0 rings (SSSR count). The van der Waals surface area contributed by atoms with Crippen molar-refractivity contribution in [2.24, 2.45) is 0 Å². The summed E-state index contributed by atoms with van der Waals surface area (Å²) >= 11 is 0. The lowest BCUT2D eigenvalue weighted by molar-refractivity contribution is 0.0450. The summed E-state index contributed by atoms with van der Waals surface area (Å²) in [7, 11) is 0. The Bertz CT molecular complexity index is 156. The van der Waals surface area contributed by atoms with Gasteiger partial charge in [-0.05, 0) is 6.92 Å². The van der Waals surface area contributed by atoms with Crippen LogP contribution in [-0.4, -0.2) is 46.4 Å². The van der Waals surface area contributed by atoms with Gasteiger partial charge in [-0.2, -0.15) is 10.5 Å². The van der Waals surface area contributed by atoms with Crippen molar-refractivity contribution in [3.05, 3.63) is 0 Å². The maximum Gasteiger partial charge on any atom is 0.100 e. The van der Waals surface area contributed by atoms with Crippen molar-refractivity contribution in [1.29, 1.82) is 10.5 Å². The first kappa shape index (κ1) is 19.4. The molecule has 4 N–H and O–H groups in total. The van der Waals surface area contributed by atoms with Crippen molar-refractivity contribution in [2.75, 3.05) is 19.8 Å². The molecule has 0 aromatic carbocycles. The summed E-state index contributed by atoms with van der Waals surface area (Å²) in [5, 5.41) is 47.2. The van der Waals surface area contributed by atoms with E-state index in [0.29, 0.717) is 12.8 Å². The predicted molar refractivity (Wildman–Crippen MR) is 53.4 cm³/mol.